The summed E-state index contributed by atoms with van der Waals surface area (Å²) in [6, 6.07) is 0.0503. The Morgan fingerprint density at radius 1 is 1.50 bits per heavy atom. The van der Waals surface area contributed by atoms with Gasteiger partial charge in [-0.15, -0.1) is 0 Å². The highest BCUT2D eigenvalue weighted by molar-refractivity contribution is 7.89. The summed E-state index contributed by atoms with van der Waals surface area (Å²) in [5.74, 6) is 0.200. The molecule has 12 heavy (non-hydrogen) atoms. The highest BCUT2D eigenvalue weighted by atomic mass is 32.2. The molecule has 0 aromatic rings. The Hall–Kier alpha value is -0.130. The van der Waals surface area contributed by atoms with E-state index in [2.05, 4.69) is 4.72 Å². The molecule has 0 aromatic heterocycles. The fourth-order valence-corrected chi connectivity index (χ4v) is 1.89. The number of hydrogen-bond acceptors (Lipinski definition) is 3. The number of nitrogens with two attached hydrogens (primary N) is 1. The third-order valence-electron chi connectivity index (χ3n) is 1.39. The van der Waals surface area contributed by atoms with Crippen LogP contribution in [0, 0.1) is 0 Å². The second kappa shape index (κ2) is 5.50. The monoisotopic (exact) mass is 194 g/mol. The van der Waals surface area contributed by atoms with Crippen molar-refractivity contribution in [1.82, 2.24) is 4.72 Å². The lowest BCUT2D eigenvalue weighted by atomic mass is 10.3. The second-order valence-corrected chi connectivity index (χ2v) is 4.91. The molecular weight excluding hydrogens is 176 g/mol. The molecule has 0 spiro atoms. The maximum Gasteiger partial charge on any atom is 0.211 e. The first-order chi connectivity index (χ1) is 5.48. The van der Waals surface area contributed by atoms with Gasteiger partial charge in [-0.25, -0.2) is 13.1 Å². The van der Waals surface area contributed by atoms with E-state index in [9.17, 15) is 8.42 Å². The van der Waals surface area contributed by atoms with E-state index in [4.69, 9.17) is 5.73 Å². The number of sulfonamides is 1. The molecule has 0 bridgehead atoms. The van der Waals surface area contributed by atoms with Crippen molar-refractivity contribution in [1.29, 1.82) is 0 Å². The van der Waals surface area contributed by atoms with E-state index in [0.717, 1.165) is 0 Å². The van der Waals surface area contributed by atoms with Crippen molar-refractivity contribution in [3.05, 3.63) is 0 Å². The van der Waals surface area contributed by atoms with E-state index in [1.807, 2.05) is 13.8 Å². The van der Waals surface area contributed by atoms with Crippen LogP contribution in [-0.4, -0.2) is 26.8 Å². The molecule has 74 valence electrons. The molecule has 0 amide bonds. The Morgan fingerprint density at radius 3 is 2.50 bits per heavy atom. The normalized spacial score (nSPS) is 14.6. The van der Waals surface area contributed by atoms with Crippen LogP contribution in [0.25, 0.3) is 0 Å². The molecule has 0 saturated heterocycles. The van der Waals surface area contributed by atoms with E-state index in [-0.39, 0.29) is 11.8 Å². The van der Waals surface area contributed by atoms with Gasteiger partial charge in [-0.1, -0.05) is 6.92 Å². The summed E-state index contributed by atoms with van der Waals surface area (Å²) in [7, 11) is -3.03. The van der Waals surface area contributed by atoms with E-state index in [1.165, 1.54) is 0 Å². The summed E-state index contributed by atoms with van der Waals surface area (Å²) in [5, 5.41) is 0. The average molecular weight is 194 g/mol. The molecule has 0 radical (unpaired) electrons. The lowest BCUT2D eigenvalue weighted by Crippen LogP contribution is -2.30. The molecule has 0 rings (SSSR count). The molecule has 1 unspecified atom stereocenters. The molecule has 3 N–H and O–H groups in total. The molecule has 1 atom stereocenters. The summed E-state index contributed by atoms with van der Waals surface area (Å²) in [4.78, 5) is 0. The minimum Gasteiger partial charge on any atom is -0.328 e. The fourth-order valence-electron chi connectivity index (χ4n) is 0.783. The van der Waals surface area contributed by atoms with Crippen LogP contribution in [0.3, 0.4) is 0 Å². The molecule has 4 nitrogen and oxygen atoms in total. The van der Waals surface area contributed by atoms with Crippen molar-refractivity contribution in [2.75, 3.05) is 12.3 Å². The molecule has 0 aliphatic heterocycles. The van der Waals surface area contributed by atoms with Gasteiger partial charge in [-0.2, -0.15) is 0 Å². The van der Waals surface area contributed by atoms with Gasteiger partial charge in [0.05, 0.1) is 5.75 Å². The highest BCUT2D eigenvalue weighted by Gasteiger charge is 2.07. The maximum atomic E-state index is 11.1. The molecular formula is C7H18N2O2S. The van der Waals surface area contributed by atoms with Gasteiger partial charge in [0, 0.05) is 12.6 Å². The van der Waals surface area contributed by atoms with Gasteiger partial charge < -0.3 is 5.73 Å². The molecule has 0 fully saturated rings. The summed E-state index contributed by atoms with van der Waals surface area (Å²) in [6.07, 6.45) is 1.33. The third-order valence-corrected chi connectivity index (χ3v) is 2.98. The zero-order chi connectivity index (χ0) is 9.61. The number of rotatable bonds is 6. The molecule has 5 heteroatoms. The van der Waals surface area contributed by atoms with Crippen LogP contribution in [0.15, 0.2) is 0 Å². The molecule has 0 aliphatic carbocycles. The SMILES string of the molecule is CCCS(=O)(=O)NCCC(C)N. The Morgan fingerprint density at radius 2 is 2.08 bits per heavy atom. The van der Waals surface area contributed by atoms with Crippen molar-refractivity contribution >= 4 is 10.0 Å². The minimum atomic E-state index is -3.03. The first kappa shape index (κ1) is 11.9. The van der Waals surface area contributed by atoms with E-state index in [1.54, 1.807) is 0 Å². The maximum absolute atomic E-state index is 11.1. The summed E-state index contributed by atoms with van der Waals surface area (Å²) < 4.78 is 24.6. The number of hydrogen-bond donors (Lipinski definition) is 2. The average Bonchev–Trinajstić information content (AvgIpc) is 1.85. The van der Waals surface area contributed by atoms with E-state index >= 15 is 0 Å². The second-order valence-electron chi connectivity index (χ2n) is 2.98. The van der Waals surface area contributed by atoms with Crippen LogP contribution in [0.4, 0.5) is 0 Å². The van der Waals surface area contributed by atoms with Crippen LogP contribution in [-0.2, 0) is 10.0 Å². The lowest BCUT2D eigenvalue weighted by Gasteiger charge is -2.06. The Balaban J connectivity index is 3.62. The van der Waals surface area contributed by atoms with Gasteiger partial charge >= 0.3 is 0 Å². The predicted molar refractivity (Wildman–Crippen MR) is 50.3 cm³/mol. The van der Waals surface area contributed by atoms with E-state index in [0.29, 0.717) is 19.4 Å². The van der Waals surface area contributed by atoms with Crippen LogP contribution in [0.5, 0.6) is 0 Å². The van der Waals surface area contributed by atoms with E-state index < -0.39 is 10.0 Å². The Kier molecular flexibility index (Phi) is 5.44. The highest BCUT2D eigenvalue weighted by Crippen LogP contribution is 1.90. The van der Waals surface area contributed by atoms with Crippen molar-refractivity contribution in [3.63, 3.8) is 0 Å². The van der Waals surface area contributed by atoms with Gasteiger partial charge in [0.25, 0.3) is 0 Å². The lowest BCUT2D eigenvalue weighted by molar-refractivity contribution is 0.570. The van der Waals surface area contributed by atoms with Gasteiger partial charge in [0.2, 0.25) is 10.0 Å². The van der Waals surface area contributed by atoms with Crippen LogP contribution in [0.1, 0.15) is 26.7 Å². The van der Waals surface area contributed by atoms with Crippen molar-refractivity contribution in [2.24, 2.45) is 5.73 Å². The molecule has 0 saturated carbocycles. The van der Waals surface area contributed by atoms with Gasteiger partial charge in [0.1, 0.15) is 0 Å². The van der Waals surface area contributed by atoms with Crippen LogP contribution >= 0.6 is 0 Å². The predicted octanol–water partition coefficient (Wildman–Crippen LogP) is 0.0531. The fraction of sp³-hybridized carbons (Fsp3) is 1.00. The van der Waals surface area contributed by atoms with Crippen LogP contribution < -0.4 is 10.5 Å². The first-order valence-corrected chi connectivity index (χ1v) is 5.86. The summed E-state index contributed by atoms with van der Waals surface area (Å²) >= 11 is 0. The topological polar surface area (TPSA) is 72.2 Å². The van der Waals surface area contributed by atoms with Crippen molar-refractivity contribution in [2.45, 2.75) is 32.7 Å². The van der Waals surface area contributed by atoms with Gasteiger partial charge in [-0.05, 0) is 19.8 Å². The molecule has 0 aliphatic rings. The quantitative estimate of drug-likeness (QED) is 0.627. The van der Waals surface area contributed by atoms with Gasteiger partial charge in [0.15, 0.2) is 0 Å². The summed E-state index contributed by atoms with van der Waals surface area (Å²) in [5.41, 5.74) is 5.46. The zero-order valence-electron chi connectivity index (χ0n) is 7.71. The standard InChI is InChI=1S/C7H18N2O2S/c1-3-6-12(10,11)9-5-4-7(2)8/h7,9H,3-6,8H2,1-2H3. The molecule has 0 aromatic carbocycles. The summed E-state index contributed by atoms with van der Waals surface area (Å²) in [6.45, 7) is 4.14. The number of nitrogens with one attached hydrogen (secondary N) is 1. The van der Waals surface area contributed by atoms with Crippen molar-refractivity contribution < 1.29 is 8.42 Å². The van der Waals surface area contributed by atoms with Crippen molar-refractivity contribution in [3.8, 4) is 0 Å². The minimum absolute atomic E-state index is 0.0503. The van der Waals surface area contributed by atoms with Crippen LogP contribution in [0.2, 0.25) is 0 Å². The molecule has 0 heterocycles. The zero-order valence-corrected chi connectivity index (χ0v) is 8.52. The smallest absolute Gasteiger partial charge is 0.211 e. The third kappa shape index (κ3) is 6.57. The first-order valence-electron chi connectivity index (χ1n) is 4.21. The Labute approximate surface area is 74.6 Å². The van der Waals surface area contributed by atoms with Gasteiger partial charge in [-0.3, -0.25) is 0 Å². The Bertz CT molecular complexity index is 199. The largest absolute Gasteiger partial charge is 0.328 e.